The third-order valence-electron chi connectivity index (χ3n) is 3.91. The highest BCUT2D eigenvalue weighted by molar-refractivity contribution is 6.00. The molecule has 4 nitrogen and oxygen atoms in total. The van der Waals surface area contributed by atoms with Gasteiger partial charge < -0.3 is 5.32 Å². The summed E-state index contributed by atoms with van der Waals surface area (Å²) in [5.74, 6) is 0.551. The Morgan fingerprint density at radius 1 is 1.12 bits per heavy atom. The van der Waals surface area contributed by atoms with Crippen molar-refractivity contribution in [2.45, 2.75) is 57.4 Å². The van der Waals surface area contributed by atoms with Gasteiger partial charge in [0, 0.05) is 6.42 Å². The van der Waals surface area contributed by atoms with Crippen LogP contribution in [0.2, 0.25) is 0 Å². The molecule has 1 aliphatic heterocycles. The van der Waals surface area contributed by atoms with Gasteiger partial charge >= 0.3 is 0 Å². The van der Waals surface area contributed by atoms with E-state index in [0.29, 0.717) is 12.8 Å². The van der Waals surface area contributed by atoms with Crippen molar-refractivity contribution in [2.75, 3.05) is 6.54 Å². The van der Waals surface area contributed by atoms with Crippen LogP contribution in [-0.4, -0.2) is 24.4 Å². The molecule has 2 aliphatic rings. The summed E-state index contributed by atoms with van der Waals surface area (Å²) in [5.41, 5.74) is 0. The van der Waals surface area contributed by atoms with E-state index < -0.39 is 0 Å². The molecule has 1 saturated heterocycles. The Hall–Kier alpha value is -0.900. The molecule has 4 heteroatoms. The van der Waals surface area contributed by atoms with Crippen LogP contribution in [0.5, 0.6) is 0 Å². The van der Waals surface area contributed by atoms with Gasteiger partial charge in [-0.1, -0.05) is 32.1 Å². The van der Waals surface area contributed by atoms with Gasteiger partial charge in [0.15, 0.2) is 0 Å². The van der Waals surface area contributed by atoms with Crippen molar-refractivity contribution in [3.05, 3.63) is 0 Å². The van der Waals surface area contributed by atoms with Crippen LogP contribution in [0.3, 0.4) is 0 Å². The second kappa shape index (κ2) is 6.15. The van der Waals surface area contributed by atoms with Gasteiger partial charge in [-0.25, -0.2) is 0 Å². The lowest BCUT2D eigenvalue weighted by Crippen LogP contribution is -2.51. The molecule has 1 unspecified atom stereocenters. The Balaban J connectivity index is 1.64. The molecular weight excluding hydrogens is 216 g/mol. The predicted octanol–water partition coefficient (Wildman–Crippen LogP) is 1.35. The Labute approximate surface area is 103 Å². The normalized spacial score (nSPS) is 26.9. The zero-order valence-corrected chi connectivity index (χ0v) is 10.3. The zero-order chi connectivity index (χ0) is 12.1. The summed E-state index contributed by atoms with van der Waals surface area (Å²) in [5, 5.41) is 5.65. The first-order chi connectivity index (χ1) is 8.25. The van der Waals surface area contributed by atoms with Crippen LogP contribution in [0, 0.1) is 5.92 Å². The van der Waals surface area contributed by atoms with Crippen LogP contribution in [0.4, 0.5) is 0 Å². The minimum absolute atomic E-state index is 0.139. The Bertz CT molecular complexity index is 285. The number of amides is 2. The Morgan fingerprint density at radius 2 is 1.88 bits per heavy atom. The highest BCUT2D eigenvalue weighted by Crippen LogP contribution is 2.25. The summed E-state index contributed by atoms with van der Waals surface area (Å²) >= 11 is 0. The van der Waals surface area contributed by atoms with Crippen LogP contribution in [0.25, 0.3) is 0 Å². The lowest BCUT2D eigenvalue weighted by Gasteiger charge is -2.25. The number of nitrogens with one attached hydrogen (secondary N) is 2. The quantitative estimate of drug-likeness (QED) is 0.727. The number of hydrogen-bond acceptors (Lipinski definition) is 3. The number of carbonyl (C=O) groups is 2. The second-order valence-electron chi connectivity index (χ2n) is 5.25. The van der Waals surface area contributed by atoms with Gasteiger partial charge in [-0.2, -0.15) is 0 Å². The average molecular weight is 238 g/mol. The number of hydrogen-bond donors (Lipinski definition) is 2. The van der Waals surface area contributed by atoms with Crippen molar-refractivity contribution >= 4 is 11.8 Å². The van der Waals surface area contributed by atoms with Crippen molar-refractivity contribution in [1.29, 1.82) is 0 Å². The van der Waals surface area contributed by atoms with Crippen LogP contribution >= 0.6 is 0 Å². The molecule has 2 rings (SSSR count). The molecule has 0 aromatic heterocycles. The number of carbonyl (C=O) groups excluding carboxylic acids is 2. The Morgan fingerprint density at radius 3 is 2.59 bits per heavy atom. The van der Waals surface area contributed by atoms with Crippen LogP contribution < -0.4 is 10.6 Å². The molecule has 1 aliphatic carbocycles. The number of imide groups is 1. The maximum Gasteiger partial charge on any atom is 0.243 e. The van der Waals surface area contributed by atoms with Crippen LogP contribution in [0.15, 0.2) is 0 Å². The summed E-state index contributed by atoms with van der Waals surface area (Å²) < 4.78 is 0. The molecule has 0 bridgehead atoms. The van der Waals surface area contributed by atoms with Crippen molar-refractivity contribution < 1.29 is 9.59 Å². The molecular formula is C13H22N2O2. The maximum absolute atomic E-state index is 11.5. The fourth-order valence-corrected chi connectivity index (χ4v) is 2.83. The first kappa shape index (κ1) is 12.6. The van der Waals surface area contributed by atoms with Gasteiger partial charge in [-0.05, 0) is 25.3 Å². The summed E-state index contributed by atoms with van der Waals surface area (Å²) in [6.45, 7) is 0.900. The van der Waals surface area contributed by atoms with E-state index in [1.54, 1.807) is 0 Å². The SMILES string of the molecule is O=C1CCC(NCCC2CCCCC2)C(=O)N1. The molecule has 2 fully saturated rings. The topological polar surface area (TPSA) is 58.2 Å². The van der Waals surface area contributed by atoms with E-state index in [9.17, 15) is 9.59 Å². The van der Waals surface area contributed by atoms with Crippen LogP contribution in [-0.2, 0) is 9.59 Å². The minimum atomic E-state index is -0.156. The van der Waals surface area contributed by atoms with Crippen molar-refractivity contribution in [1.82, 2.24) is 10.6 Å². The predicted molar refractivity (Wildman–Crippen MR) is 65.4 cm³/mol. The molecule has 0 spiro atoms. The molecule has 0 radical (unpaired) electrons. The van der Waals surface area contributed by atoms with Gasteiger partial charge in [-0.3, -0.25) is 14.9 Å². The number of rotatable bonds is 4. The summed E-state index contributed by atoms with van der Waals surface area (Å²) in [4.78, 5) is 22.5. The van der Waals surface area contributed by atoms with Gasteiger partial charge in [-0.15, -0.1) is 0 Å². The lowest BCUT2D eigenvalue weighted by atomic mass is 9.87. The van der Waals surface area contributed by atoms with E-state index in [2.05, 4.69) is 10.6 Å². The highest BCUT2D eigenvalue weighted by Gasteiger charge is 2.25. The Kier molecular flexibility index (Phi) is 4.54. The van der Waals surface area contributed by atoms with E-state index in [-0.39, 0.29) is 17.9 Å². The zero-order valence-electron chi connectivity index (χ0n) is 10.3. The third kappa shape index (κ3) is 3.80. The standard InChI is InChI=1S/C13H22N2O2/c16-12-7-6-11(13(17)15-12)14-9-8-10-4-2-1-3-5-10/h10-11,14H,1-9H2,(H,15,16,17). The van der Waals surface area contributed by atoms with Crippen molar-refractivity contribution in [2.24, 2.45) is 5.92 Å². The van der Waals surface area contributed by atoms with E-state index in [1.165, 1.54) is 32.1 Å². The highest BCUT2D eigenvalue weighted by atomic mass is 16.2. The molecule has 0 aromatic rings. The fourth-order valence-electron chi connectivity index (χ4n) is 2.83. The van der Waals surface area contributed by atoms with E-state index in [1.807, 2.05) is 0 Å². The molecule has 2 N–H and O–H groups in total. The molecule has 17 heavy (non-hydrogen) atoms. The average Bonchev–Trinajstić information content (AvgIpc) is 2.33. The van der Waals surface area contributed by atoms with Gasteiger partial charge in [0.1, 0.15) is 0 Å². The lowest BCUT2D eigenvalue weighted by molar-refractivity contribution is -0.134. The van der Waals surface area contributed by atoms with Gasteiger partial charge in [0.2, 0.25) is 11.8 Å². The molecule has 1 heterocycles. The molecule has 96 valence electrons. The summed E-state index contributed by atoms with van der Waals surface area (Å²) in [6, 6.07) is -0.156. The van der Waals surface area contributed by atoms with Gasteiger partial charge in [0.25, 0.3) is 0 Å². The molecule has 2 amide bonds. The minimum Gasteiger partial charge on any atom is -0.306 e. The first-order valence-electron chi connectivity index (χ1n) is 6.83. The van der Waals surface area contributed by atoms with Crippen LogP contribution in [0.1, 0.15) is 51.4 Å². The fraction of sp³-hybridized carbons (Fsp3) is 0.846. The molecule has 0 aromatic carbocycles. The monoisotopic (exact) mass is 238 g/mol. The van der Waals surface area contributed by atoms with E-state index in [0.717, 1.165) is 18.9 Å². The smallest absolute Gasteiger partial charge is 0.243 e. The van der Waals surface area contributed by atoms with Crippen molar-refractivity contribution in [3.8, 4) is 0 Å². The first-order valence-corrected chi connectivity index (χ1v) is 6.83. The second-order valence-corrected chi connectivity index (χ2v) is 5.25. The maximum atomic E-state index is 11.5. The molecule has 1 saturated carbocycles. The largest absolute Gasteiger partial charge is 0.306 e. The van der Waals surface area contributed by atoms with Gasteiger partial charge in [0.05, 0.1) is 6.04 Å². The summed E-state index contributed by atoms with van der Waals surface area (Å²) in [6.07, 6.45) is 9.08. The number of piperidine rings is 1. The van der Waals surface area contributed by atoms with E-state index in [4.69, 9.17) is 0 Å². The summed E-state index contributed by atoms with van der Waals surface area (Å²) in [7, 11) is 0. The van der Waals surface area contributed by atoms with E-state index >= 15 is 0 Å². The third-order valence-corrected chi connectivity index (χ3v) is 3.91. The van der Waals surface area contributed by atoms with Crippen molar-refractivity contribution in [3.63, 3.8) is 0 Å². The molecule has 1 atom stereocenters.